The molecular weight excluding hydrogens is 361 g/mol. The predicted molar refractivity (Wildman–Crippen MR) is 86.6 cm³/mol. The third-order valence-corrected chi connectivity index (χ3v) is 7.33. The first-order valence-electron chi connectivity index (χ1n) is 7.68. The number of hydrogen-bond acceptors (Lipinski definition) is 3. The van der Waals surface area contributed by atoms with E-state index in [1.165, 1.54) is 16.4 Å². The molecule has 0 aromatic heterocycles. The van der Waals surface area contributed by atoms with Gasteiger partial charge in [0.25, 0.3) is 10.2 Å². The predicted octanol–water partition coefficient (Wildman–Crippen LogP) is 3.10. The fraction of sp³-hybridized carbons (Fsp3) is 0.600. The maximum absolute atomic E-state index is 12.5. The Kier molecular flexibility index (Phi) is 4.65. The highest BCUT2D eigenvalue weighted by Crippen LogP contribution is 2.60. The minimum atomic E-state index is -4.30. The molecule has 1 spiro atoms. The van der Waals surface area contributed by atoms with Crippen LogP contribution in [-0.2, 0) is 16.4 Å². The van der Waals surface area contributed by atoms with Crippen molar-refractivity contribution in [3.8, 4) is 0 Å². The van der Waals surface area contributed by atoms with Crippen LogP contribution in [0.3, 0.4) is 0 Å². The van der Waals surface area contributed by atoms with Gasteiger partial charge in [0.15, 0.2) is 0 Å². The Bertz CT molecular complexity index is 696. The molecule has 4 nitrogen and oxygen atoms in total. The molecule has 1 atom stereocenters. The highest BCUT2D eigenvalue weighted by atomic mass is 32.2. The SMILES string of the molecule is NS(=O)(=O)N1CCC2(CC1)CC2CSc1ccc(C(F)(F)F)cc1. The van der Waals surface area contributed by atoms with Gasteiger partial charge < -0.3 is 0 Å². The van der Waals surface area contributed by atoms with E-state index in [0.29, 0.717) is 19.0 Å². The topological polar surface area (TPSA) is 63.4 Å². The van der Waals surface area contributed by atoms with Gasteiger partial charge in [-0.3, -0.25) is 0 Å². The third-order valence-electron chi connectivity index (χ3n) is 5.07. The van der Waals surface area contributed by atoms with Crippen molar-refractivity contribution >= 4 is 22.0 Å². The third kappa shape index (κ3) is 3.89. The Morgan fingerprint density at radius 2 is 1.79 bits per heavy atom. The average Bonchev–Trinajstić information content (AvgIpc) is 3.16. The van der Waals surface area contributed by atoms with Gasteiger partial charge in [-0.1, -0.05) is 0 Å². The summed E-state index contributed by atoms with van der Waals surface area (Å²) in [7, 11) is -3.60. The summed E-state index contributed by atoms with van der Waals surface area (Å²) >= 11 is 1.56. The lowest BCUT2D eigenvalue weighted by Gasteiger charge is -2.30. The Morgan fingerprint density at radius 3 is 2.29 bits per heavy atom. The van der Waals surface area contributed by atoms with Crippen LogP contribution in [0.1, 0.15) is 24.8 Å². The summed E-state index contributed by atoms with van der Waals surface area (Å²) in [5.41, 5.74) is -0.440. The second-order valence-corrected chi connectivity index (χ2v) is 9.18. The molecule has 1 heterocycles. The molecule has 9 heteroatoms. The Hall–Kier alpha value is -0.770. The Balaban J connectivity index is 1.50. The Labute approximate surface area is 143 Å². The second kappa shape index (κ2) is 6.19. The van der Waals surface area contributed by atoms with Gasteiger partial charge in [0.05, 0.1) is 5.56 Å². The molecular formula is C15H19F3N2O2S2. The van der Waals surface area contributed by atoms with Crippen LogP contribution in [0, 0.1) is 11.3 Å². The van der Waals surface area contributed by atoms with Crippen LogP contribution in [0.15, 0.2) is 29.2 Å². The summed E-state index contributed by atoms with van der Waals surface area (Å²) in [5.74, 6) is 1.34. The number of halogens is 3. The summed E-state index contributed by atoms with van der Waals surface area (Å²) in [6, 6.07) is 5.23. The zero-order valence-corrected chi connectivity index (χ0v) is 14.6. The number of rotatable bonds is 4. The molecule has 0 radical (unpaired) electrons. The molecule has 2 fully saturated rings. The van der Waals surface area contributed by atoms with Crippen molar-refractivity contribution in [3.05, 3.63) is 29.8 Å². The van der Waals surface area contributed by atoms with Crippen molar-refractivity contribution in [3.63, 3.8) is 0 Å². The van der Waals surface area contributed by atoms with E-state index in [2.05, 4.69) is 0 Å². The van der Waals surface area contributed by atoms with Crippen molar-refractivity contribution in [1.29, 1.82) is 0 Å². The molecule has 134 valence electrons. The number of hydrogen-bond donors (Lipinski definition) is 1. The van der Waals surface area contributed by atoms with Gasteiger partial charge >= 0.3 is 6.18 Å². The largest absolute Gasteiger partial charge is 0.416 e. The summed E-state index contributed by atoms with van der Waals surface area (Å²) in [6.07, 6.45) is -1.64. The number of thioether (sulfide) groups is 1. The molecule has 1 aliphatic heterocycles. The number of nitrogens with zero attached hydrogens (tertiary/aromatic N) is 1. The van der Waals surface area contributed by atoms with E-state index in [0.717, 1.165) is 42.0 Å². The molecule has 1 saturated heterocycles. The van der Waals surface area contributed by atoms with Gasteiger partial charge in [0, 0.05) is 23.7 Å². The quantitative estimate of drug-likeness (QED) is 0.817. The summed E-state index contributed by atoms with van der Waals surface area (Å²) in [6.45, 7) is 0.917. The van der Waals surface area contributed by atoms with Gasteiger partial charge in [-0.25, -0.2) is 5.14 Å². The van der Waals surface area contributed by atoms with Crippen molar-refractivity contribution in [1.82, 2.24) is 4.31 Å². The molecule has 2 aliphatic rings. The molecule has 1 saturated carbocycles. The van der Waals surface area contributed by atoms with E-state index in [9.17, 15) is 21.6 Å². The molecule has 2 N–H and O–H groups in total. The van der Waals surface area contributed by atoms with E-state index in [1.54, 1.807) is 11.8 Å². The van der Waals surface area contributed by atoms with Crippen LogP contribution >= 0.6 is 11.8 Å². The number of benzene rings is 1. The highest BCUT2D eigenvalue weighted by Gasteiger charge is 2.54. The monoisotopic (exact) mass is 380 g/mol. The van der Waals surface area contributed by atoms with Gasteiger partial charge in [-0.2, -0.15) is 25.9 Å². The number of nitrogens with two attached hydrogens (primary N) is 1. The molecule has 1 aromatic carbocycles. The molecule has 3 rings (SSSR count). The first-order chi connectivity index (χ1) is 11.1. The van der Waals surface area contributed by atoms with Crippen LogP contribution in [-0.4, -0.2) is 31.6 Å². The first kappa shape index (κ1) is 18.0. The van der Waals surface area contributed by atoms with Crippen LogP contribution in [0.25, 0.3) is 0 Å². The van der Waals surface area contributed by atoms with Gasteiger partial charge in [-0.05, 0) is 54.9 Å². The summed E-state index contributed by atoms with van der Waals surface area (Å²) in [4.78, 5) is 0.826. The van der Waals surface area contributed by atoms with E-state index in [-0.39, 0.29) is 5.41 Å². The fourth-order valence-electron chi connectivity index (χ4n) is 3.40. The average molecular weight is 380 g/mol. The smallest absolute Gasteiger partial charge is 0.216 e. The maximum atomic E-state index is 12.5. The van der Waals surface area contributed by atoms with Crippen molar-refractivity contribution in [2.24, 2.45) is 16.5 Å². The van der Waals surface area contributed by atoms with E-state index >= 15 is 0 Å². The van der Waals surface area contributed by atoms with Crippen molar-refractivity contribution < 1.29 is 21.6 Å². The number of alkyl halides is 3. The van der Waals surface area contributed by atoms with Crippen molar-refractivity contribution in [2.75, 3.05) is 18.8 Å². The lowest BCUT2D eigenvalue weighted by molar-refractivity contribution is -0.137. The lowest BCUT2D eigenvalue weighted by atomic mass is 9.92. The van der Waals surface area contributed by atoms with Crippen molar-refractivity contribution in [2.45, 2.75) is 30.3 Å². The van der Waals surface area contributed by atoms with Crippen LogP contribution in [0.2, 0.25) is 0 Å². The minimum Gasteiger partial charge on any atom is -0.216 e. The highest BCUT2D eigenvalue weighted by molar-refractivity contribution is 7.99. The summed E-state index contributed by atoms with van der Waals surface area (Å²) < 4.78 is 61.6. The van der Waals surface area contributed by atoms with Gasteiger partial charge in [-0.15, -0.1) is 11.8 Å². The zero-order chi connectivity index (χ0) is 17.6. The van der Waals surface area contributed by atoms with E-state index in [4.69, 9.17) is 5.14 Å². The maximum Gasteiger partial charge on any atom is 0.416 e. The molecule has 24 heavy (non-hydrogen) atoms. The van der Waals surface area contributed by atoms with E-state index < -0.39 is 21.9 Å². The van der Waals surface area contributed by atoms with Crippen LogP contribution < -0.4 is 5.14 Å². The van der Waals surface area contributed by atoms with E-state index in [1.807, 2.05) is 0 Å². The fourth-order valence-corrected chi connectivity index (χ4v) is 5.29. The standard InChI is InChI=1S/C15H19F3N2O2S2/c16-15(17,18)11-1-3-13(4-2-11)23-10-12-9-14(12)5-7-20(8-6-14)24(19,21)22/h1-4,12H,5-10H2,(H2,19,21,22). The lowest BCUT2D eigenvalue weighted by Crippen LogP contribution is -2.43. The van der Waals surface area contributed by atoms with Gasteiger partial charge in [0.1, 0.15) is 0 Å². The Morgan fingerprint density at radius 1 is 1.21 bits per heavy atom. The number of piperidine rings is 1. The van der Waals surface area contributed by atoms with Crippen LogP contribution in [0.4, 0.5) is 13.2 Å². The molecule has 1 unspecified atom stereocenters. The molecule has 0 amide bonds. The van der Waals surface area contributed by atoms with Gasteiger partial charge in [0.2, 0.25) is 0 Å². The van der Waals surface area contributed by atoms with Crippen LogP contribution in [0.5, 0.6) is 0 Å². The molecule has 1 aromatic rings. The zero-order valence-electron chi connectivity index (χ0n) is 12.9. The molecule has 0 bridgehead atoms. The normalized spacial score (nSPS) is 24.2. The first-order valence-corrected chi connectivity index (χ1v) is 10.2. The minimum absolute atomic E-state index is 0.195. The summed E-state index contributed by atoms with van der Waals surface area (Å²) in [5, 5.41) is 5.15. The molecule has 1 aliphatic carbocycles. The second-order valence-electron chi connectivity index (χ2n) is 6.54.